The third-order valence-electron chi connectivity index (χ3n) is 4.72. The number of nitro benzene ring substituents is 1. The fourth-order valence-electron chi connectivity index (χ4n) is 3.04. The highest BCUT2D eigenvalue weighted by Crippen LogP contribution is 2.31. The van der Waals surface area contributed by atoms with E-state index < -0.39 is 14.9 Å². The molecule has 1 aromatic heterocycles. The van der Waals surface area contributed by atoms with Crippen LogP contribution in [0.2, 0.25) is 0 Å². The average molecular weight is 395 g/mol. The van der Waals surface area contributed by atoms with Gasteiger partial charge in [0.05, 0.1) is 55.4 Å². The first kappa shape index (κ1) is 19.3. The largest absolute Gasteiger partial charge is 0.467 e. The normalized spacial score (nSPS) is 17.6. The van der Waals surface area contributed by atoms with Crippen LogP contribution in [0.4, 0.5) is 11.4 Å². The van der Waals surface area contributed by atoms with E-state index in [0.29, 0.717) is 31.9 Å². The number of anilines is 1. The molecular weight excluding hydrogens is 372 g/mol. The van der Waals surface area contributed by atoms with Gasteiger partial charge in [0.25, 0.3) is 5.69 Å². The molecule has 0 bridgehead atoms. The summed E-state index contributed by atoms with van der Waals surface area (Å²) < 4.78 is 32.4. The molecule has 0 unspecified atom stereocenters. The molecule has 0 aliphatic carbocycles. The molecule has 146 valence electrons. The Bertz CT molecular complexity index is 905. The summed E-state index contributed by atoms with van der Waals surface area (Å²) in [7, 11) is -1.75. The van der Waals surface area contributed by atoms with Crippen molar-refractivity contribution in [2.75, 3.05) is 38.5 Å². The molecule has 1 saturated heterocycles. The molecule has 1 atom stereocenters. The summed E-state index contributed by atoms with van der Waals surface area (Å²) in [6.45, 7) is 4.03. The summed E-state index contributed by atoms with van der Waals surface area (Å²) in [5.74, 6) is 0.626. The van der Waals surface area contributed by atoms with Gasteiger partial charge in [-0.2, -0.15) is 4.31 Å². The number of rotatable bonds is 6. The Morgan fingerprint density at radius 2 is 2.00 bits per heavy atom. The Hall–Kier alpha value is -2.43. The lowest BCUT2D eigenvalue weighted by Gasteiger charge is -2.29. The average Bonchev–Trinajstić information content (AvgIpc) is 3.17. The fraction of sp³-hybridized carbons (Fsp3) is 0.412. The van der Waals surface area contributed by atoms with E-state index in [9.17, 15) is 18.5 Å². The number of likely N-dealkylation sites (N-methyl/N-ethyl adjacent to an activating group) is 1. The first-order valence-corrected chi connectivity index (χ1v) is 10.1. The second-order valence-electron chi connectivity index (χ2n) is 6.68. The van der Waals surface area contributed by atoms with Crippen molar-refractivity contribution in [3.05, 3.63) is 52.5 Å². The molecule has 1 aliphatic heterocycles. The minimum atomic E-state index is -3.76. The number of hydrogen-bond donors (Lipinski definition) is 2. The van der Waals surface area contributed by atoms with Crippen molar-refractivity contribution in [2.24, 2.45) is 0 Å². The molecule has 0 spiro atoms. The van der Waals surface area contributed by atoms with Gasteiger partial charge in [-0.05, 0) is 31.2 Å². The van der Waals surface area contributed by atoms with E-state index in [0.717, 1.165) is 6.07 Å². The highest BCUT2D eigenvalue weighted by atomic mass is 32.2. The zero-order valence-corrected chi connectivity index (χ0v) is 16.0. The highest BCUT2D eigenvalue weighted by Gasteiger charge is 2.31. The zero-order valence-electron chi connectivity index (χ0n) is 15.2. The van der Waals surface area contributed by atoms with E-state index in [1.54, 1.807) is 19.1 Å². The third-order valence-corrected chi connectivity index (χ3v) is 6.62. The molecule has 2 heterocycles. The topological polar surface area (TPSA) is 110 Å². The lowest BCUT2D eigenvalue weighted by Crippen LogP contribution is -3.12. The number of sulfonamides is 1. The van der Waals surface area contributed by atoms with Gasteiger partial charge < -0.3 is 14.6 Å². The summed E-state index contributed by atoms with van der Waals surface area (Å²) in [5.41, 5.74) is -0.0418. The number of benzene rings is 1. The van der Waals surface area contributed by atoms with E-state index in [2.05, 4.69) is 5.32 Å². The van der Waals surface area contributed by atoms with Crippen LogP contribution >= 0.6 is 0 Å². The molecule has 2 aromatic rings. The second-order valence-corrected chi connectivity index (χ2v) is 8.62. The standard InChI is InChI=1S/C17H22N4O5S/c1-13(17-4-3-11-26-17)18-15-6-5-14(12-16(15)21(22)23)27(24,25)20-9-7-19(2)8-10-20/h3-6,11-13,18H,7-10H2,1-2H3/p+1/t13-/m0/s1. The van der Waals surface area contributed by atoms with Crippen molar-refractivity contribution in [3.63, 3.8) is 0 Å². The van der Waals surface area contributed by atoms with Crippen LogP contribution in [0.25, 0.3) is 0 Å². The predicted molar refractivity (Wildman–Crippen MR) is 99.2 cm³/mol. The van der Waals surface area contributed by atoms with Crippen LogP contribution < -0.4 is 10.2 Å². The molecule has 10 heteroatoms. The Balaban J connectivity index is 1.88. The van der Waals surface area contributed by atoms with E-state index in [-0.39, 0.29) is 22.3 Å². The van der Waals surface area contributed by atoms with Crippen molar-refractivity contribution < 1.29 is 22.7 Å². The predicted octanol–water partition coefficient (Wildman–Crippen LogP) is 0.880. The van der Waals surface area contributed by atoms with Crippen molar-refractivity contribution in [3.8, 4) is 0 Å². The van der Waals surface area contributed by atoms with Crippen LogP contribution in [-0.4, -0.2) is 50.9 Å². The first-order valence-electron chi connectivity index (χ1n) is 8.69. The second kappa shape index (κ2) is 7.67. The van der Waals surface area contributed by atoms with Crippen LogP contribution in [-0.2, 0) is 10.0 Å². The number of nitrogens with zero attached hydrogens (tertiary/aromatic N) is 2. The van der Waals surface area contributed by atoms with Gasteiger partial charge in [0, 0.05) is 6.07 Å². The Labute approximate surface area is 157 Å². The smallest absolute Gasteiger partial charge is 0.293 e. The SMILES string of the molecule is C[C@H](Nc1ccc(S(=O)(=O)N2CC[NH+](C)CC2)cc1[N+](=O)[O-])c1ccco1. The minimum absolute atomic E-state index is 0.0649. The Morgan fingerprint density at radius 1 is 1.30 bits per heavy atom. The van der Waals surface area contributed by atoms with E-state index in [1.165, 1.54) is 27.6 Å². The van der Waals surface area contributed by atoms with Crippen molar-refractivity contribution >= 4 is 21.4 Å². The van der Waals surface area contributed by atoms with Crippen LogP contribution in [0, 0.1) is 10.1 Å². The summed E-state index contributed by atoms with van der Waals surface area (Å²) >= 11 is 0. The third kappa shape index (κ3) is 4.12. The lowest BCUT2D eigenvalue weighted by molar-refractivity contribution is -0.883. The summed E-state index contributed by atoms with van der Waals surface area (Å²) in [6.07, 6.45) is 1.52. The Morgan fingerprint density at radius 3 is 2.59 bits per heavy atom. The number of furan rings is 1. The summed E-state index contributed by atoms with van der Waals surface area (Å²) in [5, 5.41) is 14.5. The maximum absolute atomic E-state index is 12.8. The summed E-state index contributed by atoms with van der Waals surface area (Å²) in [4.78, 5) is 12.1. The molecule has 1 fully saturated rings. The van der Waals surface area contributed by atoms with Gasteiger partial charge in [-0.15, -0.1) is 0 Å². The number of quaternary nitrogens is 1. The minimum Gasteiger partial charge on any atom is -0.467 e. The number of nitrogens with one attached hydrogen (secondary N) is 2. The summed E-state index contributed by atoms with van der Waals surface area (Å²) in [6, 6.07) is 7.16. The lowest BCUT2D eigenvalue weighted by atomic mass is 10.2. The van der Waals surface area contributed by atoms with Crippen LogP contribution in [0.15, 0.2) is 45.9 Å². The zero-order chi connectivity index (χ0) is 19.6. The molecule has 0 radical (unpaired) electrons. The van der Waals surface area contributed by atoms with Crippen LogP contribution in [0.1, 0.15) is 18.7 Å². The highest BCUT2D eigenvalue weighted by molar-refractivity contribution is 7.89. The number of piperazine rings is 1. The van der Waals surface area contributed by atoms with Gasteiger partial charge in [0.15, 0.2) is 0 Å². The molecule has 2 N–H and O–H groups in total. The molecule has 0 saturated carbocycles. The molecule has 9 nitrogen and oxygen atoms in total. The molecule has 1 aromatic carbocycles. The maximum Gasteiger partial charge on any atom is 0.293 e. The van der Waals surface area contributed by atoms with Crippen molar-refractivity contribution in [1.29, 1.82) is 0 Å². The van der Waals surface area contributed by atoms with Crippen molar-refractivity contribution in [2.45, 2.75) is 17.9 Å². The van der Waals surface area contributed by atoms with Crippen LogP contribution in [0.5, 0.6) is 0 Å². The maximum atomic E-state index is 12.8. The van der Waals surface area contributed by atoms with Gasteiger partial charge in [-0.25, -0.2) is 8.42 Å². The molecule has 1 aliphatic rings. The van der Waals surface area contributed by atoms with E-state index in [4.69, 9.17) is 4.42 Å². The van der Waals surface area contributed by atoms with Gasteiger partial charge in [0.1, 0.15) is 11.4 Å². The molecular formula is C17H23N4O5S+. The van der Waals surface area contributed by atoms with Gasteiger partial charge >= 0.3 is 0 Å². The van der Waals surface area contributed by atoms with Crippen LogP contribution in [0.3, 0.4) is 0 Å². The molecule has 27 heavy (non-hydrogen) atoms. The molecule has 0 amide bonds. The fourth-order valence-corrected chi connectivity index (χ4v) is 4.51. The van der Waals surface area contributed by atoms with Crippen molar-refractivity contribution in [1.82, 2.24) is 4.31 Å². The Kier molecular flexibility index (Phi) is 5.49. The van der Waals surface area contributed by atoms with Gasteiger partial charge in [-0.3, -0.25) is 10.1 Å². The monoisotopic (exact) mass is 395 g/mol. The number of nitro groups is 1. The van der Waals surface area contributed by atoms with E-state index >= 15 is 0 Å². The first-order chi connectivity index (χ1) is 12.8. The van der Waals surface area contributed by atoms with Gasteiger partial charge in [-0.1, -0.05) is 0 Å². The quantitative estimate of drug-likeness (QED) is 0.555. The number of hydrogen-bond acceptors (Lipinski definition) is 6. The molecule has 3 rings (SSSR count). The van der Waals surface area contributed by atoms with E-state index in [1.807, 2.05) is 7.05 Å². The van der Waals surface area contributed by atoms with Gasteiger partial charge in [0.2, 0.25) is 10.0 Å².